The molecule has 4 aromatic rings. The Morgan fingerprint density at radius 2 is 1.40 bits per heavy atom. The molecule has 3 N–H and O–H groups in total. The molecule has 0 fully saturated rings. The number of anilines is 2. The number of benzene rings is 4. The number of carbonyl (C=O) groups is 3. The van der Waals surface area contributed by atoms with E-state index in [9.17, 15) is 14.4 Å². The minimum absolute atomic E-state index is 0.0270. The molecule has 0 aromatic heterocycles. The number of thioether (sulfide) groups is 1. The van der Waals surface area contributed by atoms with Crippen molar-refractivity contribution in [3.8, 4) is 23.0 Å². The van der Waals surface area contributed by atoms with Gasteiger partial charge >= 0.3 is 0 Å². The van der Waals surface area contributed by atoms with Crippen LogP contribution >= 0.6 is 11.8 Å². The Kier molecular flexibility index (Phi) is 11.5. The Morgan fingerprint density at radius 3 is 2.07 bits per heavy atom. The van der Waals surface area contributed by atoms with E-state index in [4.69, 9.17) is 18.9 Å². The molecule has 0 saturated heterocycles. The average molecular weight is 628 g/mol. The molecule has 0 atom stereocenters. The summed E-state index contributed by atoms with van der Waals surface area (Å²) in [4.78, 5) is 39.8. The first kappa shape index (κ1) is 32.5. The van der Waals surface area contributed by atoms with Crippen molar-refractivity contribution in [2.45, 2.75) is 4.90 Å². The molecular weight excluding hydrogens is 594 g/mol. The van der Waals surface area contributed by atoms with E-state index < -0.39 is 11.8 Å². The second kappa shape index (κ2) is 15.9. The molecule has 0 radical (unpaired) electrons. The smallest absolute Gasteiger partial charge is 0.272 e. The van der Waals surface area contributed by atoms with Crippen molar-refractivity contribution < 1.29 is 33.3 Å². The Hall–Kier alpha value is -5.42. The van der Waals surface area contributed by atoms with Crippen molar-refractivity contribution >= 4 is 46.9 Å². The van der Waals surface area contributed by atoms with Gasteiger partial charge in [-0.25, -0.2) is 0 Å². The first-order valence-electron chi connectivity index (χ1n) is 13.7. The SMILES string of the molecule is COc1ccc(OC)c(NC(=O)CSc2ccc(NC(=O)/C(=C/c3ccc(OC)c(OC)c3)NC(=O)c3ccccc3)cc2)c1. The highest BCUT2D eigenvalue weighted by atomic mass is 32.2. The number of nitrogens with one attached hydrogen (secondary N) is 3. The van der Waals surface area contributed by atoms with Gasteiger partial charge in [-0.3, -0.25) is 14.4 Å². The van der Waals surface area contributed by atoms with E-state index >= 15 is 0 Å². The lowest BCUT2D eigenvalue weighted by Gasteiger charge is -2.13. The fraction of sp³-hybridized carbons (Fsp3) is 0.147. The third-order valence-electron chi connectivity index (χ3n) is 6.41. The Balaban J connectivity index is 1.44. The maximum atomic E-state index is 13.4. The zero-order valence-corrected chi connectivity index (χ0v) is 26.0. The van der Waals surface area contributed by atoms with Crippen molar-refractivity contribution in [1.82, 2.24) is 5.32 Å². The summed E-state index contributed by atoms with van der Waals surface area (Å²) in [7, 11) is 6.12. The largest absolute Gasteiger partial charge is 0.497 e. The summed E-state index contributed by atoms with van der Waals surface area (Å²) in [5, 5.41) is 8.39. The summed E-state index contributed by atoms with van der Waals surface area (Å²) >= 11 is 1.33. The summed E-state index contributed by atoms with van der Waals surface area (Å²) in [5.41, 5.74) is 2.06. The van der Waals surface area contributed by atoms with E-state index in [1.165, 1.54) is 33.1 Å². The van der Waals surface area contributed by atoms with Crippen LogP contribution in [0, 0.1) is 0 Å². The Labute approximate surface area is 265 Å². The summed E-state index contributed by atoms with van der Waals surface area (Å²) in [6, 6.07) is 25.9. The molecule has 45 heavy (non-hydrogen) atoms. The third kappa shape index (κ3) is 9.04. The van der Waals surface area contributed by atoms with Gasteiger partial charge in [-0.1, -0.05) is 24.3 Å². The van der Waals surface area contributed by atoms with Crippen molar-refractivity contribution in [3.63, 3.8) is 0 Å². The van der Waals surface area contributed by atoms with Crippen molar-refractivity contribution in [2.24, 2.45) is 0 Å². The highest BCUT2D eigenvalue weighted by Crippen LogP contribution is 2.30. The maximum Gasteiger partial charge on any atom is 0.272 e. The first-order valence-corrected chi connectivity index (χ1v) is 14.7. The zero-order chi connectivity index (χ0) is 32.2. The van der Waals surface area contributed by atoms with Gasteiger partial charge in [0.1, 0.15) is 17.2 Å². The molecule has 0 heterocycles. The van der Waals surface area contributed by atoms with Crippen LogP contribution in [-0.4, -0.2) is 51.9 Å². The first-order chi connectivity index (χ1) is 21.8. The molecule has 10 nitrogen and oxygen atoms in total. The third-order valence-corrected chi connectivity index (χ3v) is 7.42. The molecule has 232 valence electrons. The molecule has 0 unspecified atom stereocenters. The molecule has 11 heteroatoms. The molecule has 0 aliphatic heterocycles. The molecule has 0 aliphatic carbocycles. The van der Waals surface area contributed by atoms with Crippen LogP contribution in [0.4, 0.5) is 11.4 Å². The minimum atomic E-state index is -0.527. The van der Waals surface area contributed by atoms with Crippen LogP contribution in [0.3, 0.4) is 0 Å². The van der Waals surface area contributed by atoms with Crippen LogP contribution in [0.5, 0.6) is 23.0 Å². The van der Waals surface area contributed by atoms with E-state index in [0.717, 1.165) is 4.90 Å². The number of methoxy groups -OCH3 is 4. The van der Waals surface area contributed by atoms with Crippen molar-refractivity contribution in [2.75, 3.05) is 44.8 Å². The van der Waals surface area contributed by atoms with Gasteiger partial charge < -0.3 is 34.9 Å². The second-order valence-corrected chi connectivity index (χ2v) is 10.4. The molecule has 3 amide bonds. The highest BCUT2D eigenvalue weighted by Gasteiger charge is 2.16. The lowest BCUT2D eigenvalue weighted by Crippen LogP contribution is -2.30. The minimum Gasteiger partial charge on any atom is -0.497 e. The fourth-order valence-electron chi connectivity index (χ4n) is 4.13. The summed E-state index contributed by atoms with van der Waals surface area (Å²) in [5.74, 6) is 1.09. The van der Waals surface area contributed by atoms with Crippen LogP contribution in [0.25, 0.3) is 6.08 Å². The standard InChI is InChI=1S/C34H33N3O7S/c1-41-25-13-17-29(42-2)27(20-25)36-32(38)21-45-26-14-11-24(12-15-26)35-34(40)28(37-33(39)23-8-6-5-7-9-23)18-22-10-16-30(43-3)31(19-22)44-4/h5-20H,21H2,1-4H3,(H,35,40)(H,36,38)(H,37,39)/b28-18-. The number of ether oxygens (including phenoxy) is 4. The van der Waals surface area contributed by atoms with Crippen LogP contribution in [0.2, 0.25) is 0 Å². The quantitative estimate of drug-likeness (QED) is 0.124. The lowest BCUT2D eigenvalue weighted by atomic mass is 10.1. The molecule has 0 saturated carbocycles. The predicted octanol–water partition coefficient (Wildman–Crippen LogP) is 5.86. The molecule has 4 aromatic carbocycles. The van der Waals surface area contributed by atoms with E-state index in [0.29, 0.717) is 45.5 Å². The second-order valence-electron chi connectivity index (χ2n) is 9.37. The Bertz CT molecular complexity index is 1680. The van der Waals surface area contributed by atoms with Gasteiger partial charge in [-0.15, -0.1) is 11.8 Å². The number of amides is 3. The van der Waals surface area contributed by atoms with Crippen LogP contribution in [0.1, 0.15) is 15.9 Å². The van der Waals surface area contributed by atoms with Gasteiger partial charge in [0.15, 0.2) is 11.5 Å². The molecule has 4 rings (SSSR count). The Morgan fingerprint density at radius 1 is 0.711 bits per heavy atom. The number of rotatable bonds is 13. The van der Waals surface area contributed by atoms with Gasteiger partial charge in [0.2, 0.25) is 5.91 Å². The zero-order valence-electron chi connectivity index (χ0n) is 25.2. The molecule has 0 spiro atoms. The van der Waals surface area contributed by atoms with Gasteiger partial charge in [-0.05, 0) is 72.3 Å². The number of carbonyl (C=O) groups excluding carboxylic acids is 3. The van der Waals surface area contributed by atoms with Gasteiger partial charge in [0, 0.05) is 22.2 Å². The maximum absolute atomic E-state index is 13.4. The number of hydrogen-bond acceptors (Lipinski definition) is 8. The van der Waals surface area contributed by atoms with Crippen LogP contribution in [-0.2, 0) is 9.59 Å². The fourth-order valence-corrected chi connectivity index (χ4v) is 4.83. The lowest BCUT2D eigenvalue weighted by molar-refractivity contribution is -0.114. The van der Waals surface area contributed by atoms with Gasteiger partial charge in [0.05, 0.1) is 39.9 Å². The highest BCUT2D eigenvalue weighted by molar-refractivity contribution is 8.00. The molecular formula is C34H33N3O7S. The van der Waals surface area contributed by atoms with E-state index in [2.05, 4.69) is 16.0 Å². The van der Waals surface area contributed by atoms with E-state index in [1.807, 2.05) is 0 Å². The molecule has 0 bridgehead atoms. The summed E-state index contributed by atoms with van der Waals surface area (Å²) in [6.45, 7) is 0. The normalized spacial score (nSPS) is 10.8. The summed E-state index contributed by atoms with van der Waals surface area (Å²) in [6.07, 6.45) is 1.55. The topological polar surface area (TPSA) is 124 Å². The van der Waals surface area contributed by atoms with Crippen molar-refractivity contribution in [1.29, 1.82) is 0 Å². The molecule has 0 aliphatic rings. The monoisotopic (exact) mass is 627 g/mol. The predicted molar refractivity (Wildman–Crippen MR) is 175 cm³/mol. The van der Waals surface area contributed by atoms with Crippen molar-refractivity contribution in [3.05, 3.63) is 108 Å². The van der Waals surface area contributed by atoms with E-state index in [1.54, 1.807) is 104 Å². The van der Waals surface area contributed by atoms with Crippen LogP contribution < -0.4 is 34.9 Å². The van der Waals surface area contributed by atoms with Gasteiger partial charge in [-0.2, -0.15) is 0 Å². The average Bonchev–Trinajstić information content (AvgIpc) is 3.07. The van der Waals surface area contributed by atoms with E-state index in [-0.39, 0.29) is 17.4 Å². The van der Waals surface area contributed by atoms with Gasteiger partial charge in [0.25, 0.3) is 11.8 Å². The summed E-state index contributed by atoms with van der Waals surface area (Å²) < 4.78 is 21.2. The number of hydrogen-bond donors (Lipinski definition) is 3. The van der Waals surface area contributed by atoms with Crippen LogP contribution in [0.15, 0.2) is 102 Å².